The van der Waals surface area contributed by atoms with Gasteiger partial charge in [0.2, 0.25) is 0 Å². The third kappa shape index (κ3) is 3.06. The van der Waals surface area contributed by atoms with E-state index in [9.17, 15) is 13.2 Å². The summed E-state index contributed by atoms with van der Waals surface area (Å²) in [6.45, 7) is 4.90. The summed E-state index contributed by atoms with van der Waals surface area (Å²) in [5, 5.41) is 0. The van der Waals surface area contributed by atoms with Gasteiger partial charge in [-0.2, -0.15) is 13.2 Å². The highest BCUT2D eigenvalue weighted by Crippen LogP contribution is 2.28. The van der Waals surface area contributed by atoms with E-state index in [1.807, 2.05) is 13.8 Å². The van der Waals surface area contributed by atoms with Crippen molar-refractivity contribution < 1.29 is 22.5 Å². The molecule has 1 aliphatic rings. The Balaban J connectivity index is 2.15. The van der Waals surface area contributed by atoms with Crippen LogP contribution in [0.4, 0.5) is 13.2 Å². The number of rotatable bonds is 1. The first-order valence-corrected chi connectivity index (χ1v) is 5.68. The molecule has 1 aromatic rings. The second-order valence-electron chi connectivity index (χ2n) is 5.24. The Labute approximate surface area is 104 Å². The van der Waals surface area contributed by atoms with Crippen LogP contribution in [0.5, 0.6) is 0 Å². The highest BCUT2D eigenvalue weighted by molar-refractivity contribution is 6.61. The van der Waals surface area contributed by atoms with Crippen molar-refractivity contribution in [3.05, 3.63) is 29.8 Å². The minimum atomic E-state index is -4.34. The summed E-state index contributed by atoms with van der Waals surface area (Å²) in [5.41, 5.74) is -0.379. The van der Waals surface area contributed by atoms with Gasteiger partial charge in [0.25, 0.3) is 0 Å². The highest BCUT2D eigenvalue weighted by Gasteiger charge is 2.36. The predicted octanol–water partition coefficient (Wildman–Crippen LogP) is 2.47. The number of benzene rings is 1. The molecule has 0 bridgehead atoms. The van der Waals surface area contributed by atoms with Gasteiger partial charge in [-0.1, -0.05) is 38.1 Å². The highest BCUT2D eigenvalue weighted by atomic mass is 19.4. The van der Waals surface area contributed by atoms with Gasteiger partial charge in [-0.25, -0.2) is 0 Å². The fraction of sp³-hybridized carbons (Fsp3) is 0.500. The van der Waals surface area contributed by atoms with Gasteiger partial charge in [-0.15, -0.1) is 0 Å². The van der Waals surface area contributed by atoms with Crippen molar-refractivity contribution in [3.63, 3.8) is 0 Å². The fourth-order valence-corrected chi connectivity index (χ4v) is 1.75. The molecular weight excluding hydrogens is 244 g/mol. The summed E-state index contributed by atoms with van der Waals surface area (Å²) in [5.74, 6) is 0. The van der Waals surface area contributed by atoms with Crippen LogP contribution < -0.4 is 5.46 Å². The molecule has 6 heteroatoms. The molecule has 0 radical (unpaired) electrons. The van der Waals surface area contributed by atoms with Crippen LogP contribution in [0.25, 0.3) is 0 Å². The predicted molar refractivity (Wildman–Crippen MR) is 62.5 cm³/mol. The van der Waals surface area contributed by atoms with Crippen LogP contribution in [-0.2, 0) is 15.5 Å². The van der Waals surface area contributed by atoms with Crippen LogP contribution in [0.2, 0.25) is 0 Å². The normalized spacial score (nSPS) is 19.9. The van der Waals surface area contributed by atoms with Gasteiger partial charge in [0.1, 0.15) is 0 Å². The Bertz CT molecular complexity index is 422. The molecular formula is C12H14BF3O2. The lowest BCUT2D eigenvalue weighted by atomic mass is 9.75. The second kappa shape index (κ2) is 4.59. The lowest BCUT2D eigenvalue weighted by Gasteiger charge is -2.33. The van der Waals surface area contributed by atoms with Gasteiger partial charge in [0.05, 0.1) is 5.56 Å². The maximum atomic E-state index is 12.6. The molecule has 1 fully saturated rings. The molecule has 2 nitrogen and oxygen atoms in total. The van der Waals surface area contributed by atoms with E-state index in [0.29, 0.717) is 18.7 Å². The van der Waals surface area contributed by atoms with Gasteiger partial charge >= 0.3 is 13.3 Å². The van der Waals surface area contributed by atoms with Crippen molar-refractivity contribution in [2.75, 3.05) is 13.2 Å². The summed E-state index contributed by atoms with van der Waals surface area (Å²) in [4.78, 5) is 0. The number of alkyl halides is 3. The van der Waals surface area contributed by atoms with E-state index >= 15 is 0 Å². The summed E-state index contributed by atoms with van der Waals surface area (Å²) < 4.78 is 48.6. The molecule has 0 N–H and O–H groups in total. The van der Waals surface area contributed by atoms with Crippen molar-refractivity contribution in [2.45, 2.75) is 20.0 Å². The molecule has 0 unspecified atom stereocenters. The first kappa shape index (κ1) is 13.4. The molecule has 1 saturated heterocycles. The van der Waals surface area contributed by atoms with Crippen molar-refractivity contribution in [1.82, 2.24) is 0 Å². The van der Waals surface area contributed by atoms with Crippen LogP contribution in [0.3, 0.4) is 0 Å². The Morgan fingerprint density at radius 2 is 1.78 bits per heavy atom. The first-order chi connectivity index (χ1) is 8.28. The summed E-state index contributed by atoms with van der Waals surface area (Å²) in [6.07, 6.45) is -4.34. The van der Waals surface area contributed by atoms with Gasteiger partial charge in [0.15, 0.2) is 0 Å². The maximum absolute atomic E-state index is 12.6. The minimum Gasteiger partial charge on any atom is -0.407 e. The largest absolute Gasteiger partial charge is 0.493 e. The van der Waals surface area contributed by atoms with Gasteiger partial charge in [-0.05, 0) is 5.46 Å². The second-order valence-corrected chi connectivity index (χ2v) is 5.24. The zero-order valence-electron chi connectivity index (χ0n) is 10.3. The van der Waals surface area contributed by atoms with E-state index in [2.05, 4.69) is 0 Å². The van der Waals surface area contributed by atoms with E-state index in [0.717, 1.165) is 12.1 Å². The molecule has 98 valence electrons. The minimum absolute atomic E-state index is 0.0991. The van der Waals surface area contributed by atoms with Crippen molar-refractivity contribution in [2.24, 2.45) is 5.41 Å². The van der Waals surface area contributed by atoms with E-state index in [-0.39, 0.29) is 5.41 Å². The van der Waals surface area contributed by atoms with E-state index in [1.165, 1.54) is 6.07 Å². The Hall–Kier alpha value is -1.01. The van der Waals surface area contributed by atoms with Crippen LogP contribution in [0, 0.1) is 5.41 Å². The molecule has 0 aliphatic carbocycles. The summed E-state index contributed by atoms with van der Waals surface area (Å²) in [6, 6.07) is 5.06. The molecule has 2 rings (SSSR count). The Kier molecular flexibility index (Phi) is 3.42. The zero-order valence-corrected chi connectivity index (χ0v) is 10.3. The number of hydrogen-bond acceptors (Lipinski definition) is 2. The summed E-state index contributed by atoms with van der Waals surface area (Å²) >= 11 is 0. The fourth-order valence-electron chi connectivity index (χ4n) is 1.75. The van der Waals surface area contributed by atoms with Gasteiger partial charge in [-0.3, -0.25) is 0 Å². The molecule has 0 saturated carbocycles. The molecule has 0 spiro atoms. The average molecular weight is 258 g/mol. The van der Waals surface area contributed by atoms with E-state index in [4.69, 9.17) is 9.31 Å². The zero-order chi connectivity index (χ0) is 13.4. The molecule has 0 atom stereocenters. The van der Waals surface area contributed by atoms with Crippen LogP contribution in [-0.4, -0.2) is 20.3 Å². The molecule has 1 heterocycles. The first-order valence-electron chi connectivity index (χ1n) is 5.68. The van der Waals surface area contributed by atoms with Crippen molar-refractivity contribution in [3.8, 4) is 0 Å². The van der Waals surface area contributed by atoms with Crippen LogP contribution in [0.15, 0.2) is 24.3 Å². The topological polar surface area (TPSA) is 18.5 Å². The van der Waals surface area contributed by atoms with Gasteiger partial charge in [0, 0.05) is 18.6 Å². The van der Waals surface area contributed by atoms with E-state index in [1.54, 1.807) is 6.07 Å². The maximum Gasteiger partial charge on any atom is 0.493 e. The number of halogens is 3. The summed E-state index contributed by atoms with van der Waals surface area (Å²) in [7, 11) is -0.708. The lowest BCUT2D eigenvalue weighted by Crippen LogP contribution is -2.47. The van der Waals surface area contributed by atoms with Crippen molar-refractivity contribution in [1.29, 1.82) is 0 Å². The molecule has 1 aliphatic heterocycles. The van der Waals surface area contributed by atoms with Crippen LogP contribution in [0.1, 0.15) is 19.4 Å². The molecule has 18 heavy (non-hydrogen) atoms. The van der Waals surface area contributed by atoms with Crippen molar-refractivity contribution >= 4 is 12.6 Å². The Morgan fingerprint density at radius 1 is 1.17 bits per heavy atom. The molecule has 0 aromatic heterocycles. The quantitative estimate of drug-likeness (QED) is 0.720. The lowest BCUT2D eigenvalue weighted by molar-refractivity contribution is -0.137. The van der Waals surface area contributed by atoms with E-state index < -0.39 is 18.9 Å². The third-order valence-electron chi connectivity index (χ3n) is 2.74. The number of hydrogen-bond donors (Lipinski definition) is 0. The average Bonchev–Trinajstić information content (AvgIpc) is 2.28. The molecule has 0 amide bonds. The van der Waals surface area contributed by atoms with Crippen LogP contribution >= 0.6 is 0 Å². The van der Waals surface area contributed by atoms with Gasteiger partial charge < -0.3 is 9.31 Å². The Morgan fingerprint density at radius 3 is 2.33 bits per heavy atom. The molecule has 1 aromatic carbocycles. The monoisotopic (exact) mass is 258 g/mol. The SMILES string of the molecule is CC1(C)COB(c2cccc(C(F)(F)F)c2)OC1. The standard InChI is InChI=1S/C12H14BF3O2/c1-11(2)7-17-13(18-8-11)10-5-3-4-9(6-10)12(14,15)16/h3-6H,7-8H2,1-2H3. The smallest absolute Gasteiger partial charge is 0.407 e. The third-order valence-corrected chi connectivity index (χ3v) is 2.74.